The highest BCUT2D eigenvalue weighted by atomic mass is 16.5. The van der Waals surface area contributed by atoms with Gasteiger partial charge in [-0.1, -0.05) is 208 Å². The number of amides is 1. The zero-order valence-electron chi connectivity index (χ0n) is 47.8. The predicted molar refractivity (Wildman–Crippen MR) is 298 cm³/mol. The van der Waals surface area contributed by atoms with Gasteiger partial charge in [0.25, 0.3) is 0 Å². The molecule has 1 amide bonds. The highest BCUT2D eigenvalue weighted by Crippen LogP contribution is 2.23. The predicted octanol–water partition coefficient (Wildman–Crippen LogP) is 17.1. The quantitative estimate of drug-likeness (QED) is 0.0444. The lowest BCUT2D eigenvalue weighted by atomic mass is 9.96. The molecule has 0 aliphatic carbocycles. The van der Waals surface area contributed by atoms with Gasteiger partial charge in [-0.2, -0.15) is 0 Å². The molecule has 0 aliphatic rings. The molecule has 0 saturated heterocycles. The molecule has 0 aromatic rings. The molecule has 2 unspecified atom stereocenters. The van der Waals surface area contributed by atoms with Gasteiger partial charge in [0, 0.05) is 44.9 Å². The van der Waals surface area contributed by atoms with Crippen molar-refractivity contribution >= 4 is 17.8 Å². The summed E-state index contributed by atoms with van der Waals surface area (Å²) in [4.78, 5) is 47.2. The number of hydrogen-bond donors (Lipinski definition) is 0. The Labute approximate surface area is 431 Å². The Morgan fingerprint density at radius 3 is 1.13 bits per heavy atom. The molecule has 8 heteroatoms. The molecule has 0 heterocycles. The normalized spacial score (nSPS) is 13.0. The Morgan fingerprint density at radius 2 is 0.710 bits per heavy atom. The number of hydrogen-bond acceptors (Lipinski definition) is 7. The van der Waals surface area contributed by atoms with E-state index in [1.165, 1.54) is 154 Å². The second-order valence-electron chi connectivity index (χ2n) is 21.8. The molecule has 0 saturated carbocycles. The van der Waals surface area contributed by atoms with Crippen LogP contribution in [0, 0.1) is 11.8 Å². The highest BCUT2D eigenvalue weighted by molar-refractivity contribution is 5.76. The summed E-state index contributed by atoms with van der Waals surface area (Å²) >= 11 is 0. The van der Waals surface area contributed by atoms with Crippen molar-refractivity contribution in [3.05, 3.63) is 0 Å². The monoisotopic (exact) mass is 976 g/mol. The van der Waals surface area contributed by atoms with Crippen molar-refractivity contribution < 1.29 is 23.9 Å². The van der Waals surface area contributed by atoms with Crippen molar-refractivity contribution in [3.63, 3.8) is 0 Å². The lowest BCUT2D eigenvalue weighted by Crippen LogP contribution is -2.41. The van der Waals surface area contributed by atoms with Gasteiger partial charge in [-0.05, 0) is 110 Å². The summed E-state index contributed by atoms with van der Waals surface area (Å²) in [6, 6.07) is 0.378. The Balaban J connectivity index is 5.76. The van der Waals surface area contributed by atoms with Crippen LogP contribution in [0.15, 0.2) is 0 Å². The standard InChI is InChI=1S/C61H121N3O5/c1-9-15-21-25-27-37-50-64(51-38-28-26-22-16-10-2)59(65)48-53-63(52-39-49-62(7)8)58(44-33-29-35-46-60(66)68-54-56(40-19-13-5)42-31-23-17-11-3)45-34-30-36-47-61(67)69-55-57(41-20-14-6)43-32-24-18-12-4/h56-58H,9-55H2,1-8H3. The van der Waals surface area contributed by atoms with Crippen LogP contribution in [-0.4, -0.2) is 98.6 Å². The number of carbonyl (C=O) groups is 3. The molecule has 8 nitrogen and oxygen atoms in total. The van der Waals surface area contributed by atoms with E-state index >= 15 is 0 Å². The number of unbranched alkanes of at least 4 members (excludes halogenated alkanes) is 22. The first-order valence-electron chi connectivity index (χ1n) is 30.6. The molecule has 0 aromatic heterocycles. The van der Waals surface area contributed by atoms with Crippen LogP contribution in [0.1, 0.15) is 298 Å². The van der Waals surface area contributed by atoms with E-state index in [1.807, 2.05) is 0 Å². The van der Waals surface area contributed by atoms with Gasteiger partial charge in [-0.25, -0.2) is 0 Å². The minimum absolute atomic E-state index is 0.0288. The number of carbonyl (C=O) groups excluding carboxylic acids is 3. The Kier molecular flexibility index (Phi) is 50.0. The summed E-state index contributed by atoms with van der Waals surface area (Å²) in [7, 11) is 4.31. The molecule has 0 N–H and O–H groups in total. The Morgan fingerprint density at radius 1 is 0.348 bits per heavy atom. The van der Waals surface area contributed by atoms with Gasteiger partial charge in [-0.3, -0.25) is 19.3 Å². The average molecular weight is 977 g/mol. The fraction of sp³-hybridized carbons (Fsp3) is 0.951. The molecule has 0 rings (SSSR count). The molecule has 2 atom stereocenters. The summed E-state index contributed by atoms with van der Waals surface area (Å²) in [5.41, 5.74) is 0. The minimum Gasteiger partial charge on any atom is -0.465 e. The SMILES string of the molecule is CCCCCCCCN(CCCCCCCC)C(=O)CCN(CCCN(C)C)C(CCCCCC(=O)OCC(CCCC)CCCCCC)CCCCCC(=O)OCC(CCCC)CCCCCC. The van der Waals surface area contributed by atoms with Crippen LogP contribution in [0.4, 0.5) is 0 Å². The smallest absolute Gasteiger partial charge is 0.305 e. The molecule has 410 valence electrons. The van der Waals surface area contributed by atoms with Crippen LogP contribution in [-0.2, 0) is 23.9 Å². The van der Waals surface area contributed by atoms with Crippen molar-refractivity contribution in [2.45, 2.75) is 304 Å². The van der Waals surface area contributed by atoms with Crippen molar-refractivity contribution in [2.75, 3.05) is 60.0 Å². The van der Waals surface area contributed by atoms with Crippen LogP contribution in [0.2, 0.25) is 0 Å². The van der Waals surface area contributed by atoms with Gasteiger partial charge in [0.05, 0.1) is 13.2 Å². The molecule has 69 heavy (non-hydrogen) atoms. The minimum atomic E-state index is -0.0288. The summed E-state index contributed by atoms with van der Waals surface area (Å²) in [6.07, 6.45) is 45.2. The molecule has 0 aliphatic heterocycles. The van der Waals surface area contributed by atoms with Crippen molar-refractivity contribution in [2.24, 2.45) is 11.8 Å². The topological polar surface area (TPSA) is 79.4 Å². The lowest BCUT2D eigenvalue weighted by molar-refractivity contribution is -0.146. The molecule has 0 bridgehead atoms. The van der Waals surface area contributed by atoms with E-state index in [0.29, 0.717) is 56.3 Å². The summed E-state index contributed by atoms with van der Waals surface area (Å²) < 4.78 is 11.8. The summed E-state index contributed by atoms with van der Waals surface area (Å²) in [5.74, 6) is 1.27. The Hall–Kier alpha value is -1.67. The summed E-state index contributed by atoms with van der Waals surface area (Å²) in [5, 5.41) is 0. The van der Waals surface area contributed by atoms with Crippen molar-refractivity contribution in [1.82, 2.24) is 14.7 Å². The van der Waals surface area contributed by atoms with E-state index in [2.05, 4.69) is 70.3 Å². The van der Waals surface area contributed by atoms with Crippen LogP contribution >= 0.6 is 0 Å². The first-order valence-corrected chi connectivity index (χ1v) is 30.6. The van der Waals surface area contributed by atoms with Gasteiger partial charge in [0.15, 0.2) is 0 Å². The third-order valence-corrected chi connectivity index (χ3v) is 14.8. The first-order chi connectivity index (χ1) is 33.6. The highest BCUT2D eigenvalue weighted by Gasteiger charge is 2.22. The van der Waals surface area contributed by atoms with E-state index in [0.717, 1.165) is 116 Å². The first kappa shape index (κ1) is 67.3. The van der Waals surface area contributed by atoms with Gasteiger partial charge in [-0.15, -0.1) is 0 Å². The molecule has 0 radical (unpaired) electrons. The maximum atomic E-state index is 14.2. The van der Waals surface area contributed by atoms with E-state index in [9.17, 15) is 14.4 Å². The second-order valence-corrected chi connectivity index (χ2v) is 21.8. The maximum Gasteiger partial charge on any atom is 0.305 e. The fourth-order valence-corrected chi connectivity index (χ4v) is 10.0. The van der Waals surface area contributed by atoms with E-state index < -0.39 is 0 Å². The molecule has 0 fully saturated rings. The zero-order chi connectivity index (χ0) is 50.8. The number of esters is 2. The molecular formula is C61H121N3O5. The van der Waals surface area contributed by atoms with Gasteiger partial charge in [0.2, 0.25) is 5.91 Å². The van der Waals surface area contributed by atoms with Gasteiger partial charge in [0.1, 0.15) is 0 Å². The van der Waals surface area contributed by atoms with E-state index in [4.69, 9.17) is 9.47 Å². The molecule has 0 aromatic carbocycles. The number of nitrogens with zero attached hydrogens (tertiary/aromatic N) is 3. The van der Waals surface area contributed by atoms with Gasteiger partial charge < -0.3 is 19.3 Å². The van der Waals surface area contributed by atoms with Crippen molar-refractivity contribution in [1.29, 1.82) is 0 Å². The van der Waals surface area contributed by atoms with Crippen LogP contribution in [0.25, 0.3) is 0 Å². The van der Waals surface area contributed by atoms with Gasteiger partial charge >= 0.3 is 11.9 Å². The van der Waals surface area contributed by atoms with Crippen molar-refractivity contribution in [3.8, 4) is 0 Å². The molecular weight excluding hydrogens is 855 g/mol. The Bertz CT molecular complexity index is 1050. The summed E-state index contributed by atoms with van der Waals surface area (Å²) in [6.45, 7) is 19.3. The van der Waals surface area contributed by atoms with Crippen LogP contribution < -0.4 is 0 Å². The third-order valence-electron chi connectivity index (χ3n) is 14.8. The van der Waals surface area contributed by atoms with E-state index in [-0.39, 0.29) is 11.9 Å². The lowest BCUT2D eigenvalue weighted by Gasteiger charge is -2.33. The second kappa shape index (κ2) is 51.2. The maximum absolute atomic E-state index is 14.2. The van der Waals surface area contributed by atoms with Crippen LogP contribution in [0.5, 0.6) is 0 Å². The number of ether oxygens (including phenoxy) is 2. The number of rotatable bonds is 54. The largest absolute Gasteiger partial charge is 0.465 e. The molecule has 0 spiro atoms. The van der Waals surface area contributed by atoms with E-state index in [1.54, 1.807) is 0 Å². The fourth-order valence-electron chi connectivity index (χ4n) is 10.0. The third kappa shape index (κ3) is 43.6. The van der Waals surface area contributed by atoms with Crippen LogP contribution in [0.3, 0.4) is 0 Å². The zero-order valence-corrected chi connectivity index (χ0v) is 47.8. The average Bonchev–Trinajstić information content (AvgIpc) is 3.34.